The molecule has 3 nitrogen and oxygen atoms in total. The van der Waals surface area contributed by atoms with Gasteiger partial charge in [0.15, 0.2) is 0 Å². The summed E-state index contributed by atoms with van der Waals surface area (Å²) in [6, 6.07) is 0. The Morgan fingerprint density at radius 2 is 2.04 bits per heavy atom. The first-order chi connectivity index (χ1) is 11.9. The fraction of sp³-hybridized carbons (Fsp3) is 0.400. The molecule has 0 bridgehead atoms. The third kappa shape index (κ3) is 2.81. The standard InChI is InChI=1S/C20H22ClN3S/c1-10(2)7-22-19(24-8-14-6-15(14)9-24)18-12(4)16-11(3)17(21)13(5)23-20(16)25-18/h7,14-15H,1,4,6,8-9H2,2-3,5H3/b19-18-,22-7?. The van der Waals surface area contributed by atoms with E-state index in [1.54, 1.807) is 11.3 Å². The lowest BCUT2D eigenvalue weighted by Gasteiger charge is -2.19. The highest BCUT2D eigenvalue weighted by Gasteiger charge is 2.45. The predicted molar refractivity (Wildman–Crippen MR) is 109 cm³/mol. The van der Waals surface area contributed by atoms with Crippen LogP contribution in [0.2, 0.25) is 5.02 Å². The van der Waals surface area contributed by atoms with Gasteiger partial charge in [0.2, 0.25) is 0 Å². The first-order valence-electron chi connectivity index (χ1n) is 8.59. The molecule has 1 aliphatic heterocycles. The van der Waals surface area contributed by atoms with Gasteiger partial charge in [-0.1, -0.05) is 24.8 Å². The number of piperidine rings is 1. The molecule has 2 fully saturated rings. The fourth-order valence-corrected chi connectivity index (χ4v) is 5.10. The fourth-order valence-electron chi connectivity index (χ4n) is 3.71. The van der Waals surface area contributed by atoms with Crippen molar-refractivity contribution in [3.05, 3.63) is 38.2 Å². The van der Waals surface area contributed by atoms with Gasteiger partial charge in [0.1, 0.15) is 10.7 Å². The van der Waals surface area contributed by atoms with Crippen molar-refractivity contribution in [3.8, 4) is 0 Å². The molecule has 0 amide bonds. The minimum atomic E-state index is 0.733. The maximum Gasteiger partial charge on any atom is 0.146 e. The van der Waals surface area contributed by atoms with Crippen molar-refractivity contribution < 1.29 is 0 Å². The Morgan fingerprint density at radius 3 is 2.68 bits per heavy atom. The zero-order chi connectivity index (χ0) is 17.9. The smallest absolute Gasteiger partial charge is 0.146 e. The third-order valence-electron chi connectivity index (χ3n) is 5.17. The number of thiophene rings is 1. The van der Waals surface area contributed by atoms with E-state index in [2.05, 4.69) is 18.1 Å². The van der Waals surface area contributed by atoms with Crippen LogP contribution < -0.4 is 9.75 Å². The molecule has 1 saturated heterocycles. The second kappa shape index (κ2) is 5.96. The zero-order valence-electron chi connectivity index (χ0n) is 14.9. The first-order valence-corrected chi connectivity index (χ1v) is 9.79. The molecular formula is C20H22ClN3S. The van der Waals surface area contributed by atoms with E-state index in [4.69, 9.17) is 21.6 Å². The summed E-state index contributed by atoms with van der Waals surface area (Å²) in [5, 5.41) is 2.79. The Morgan fingerprint density at radius 1 is 1.36 bits per heavy atom. The van der Waals surface area contributed by atoms with Gasteiger partial charge in [-0.2, -0.15) is 0 Å². The van der Waals surface area contributed by atoms with Crippen molar-refractivity contribution in [2.24, 2.45) is 16.8 Å². The van der Waals surface area contributed by atoms with Gasteiger partial charge in [0.25, 0.3) is 0 Å². The largest absolute Gasteiger partial charge is 0.355 e. The number of aryl methyl sites for hydroxylation is 2. The van der Waals surface area contributed by atoms with Gasteiger partial charge in [0.05, 0.1) is 15.2 Å². The molecule has 2 aromatic rings. The molecular weight excluding hydrogens is 350 g/mol. The van der Waals surface area contributed by atoms with E-state index in [9.17, 15) is 0 Å². The Bertz CT molecular complexity index is 1020. The number of fused-ring (bicyclic) bond motifs is 2. The Balaban J connectivity index is 1.98. The number of aliphatic imine (C=N–C) groups is 1. The molecule has 2 atom stereocenters. The molecule has 0 N–H and O–H groups in total. The number of nitrogens with zero attached hydrogens (tertiary/aromatic N) is 3. The van der Waals surface area contributed by atoms with E-state index in [1.165, 1.54) is 6.42 Å². The van der Waals surface area contributed by atoms with Crippen LogP contribution in [0.3, 0.4) is 0 Å². The molecule has 5 heteroatoms. The molecule has 1 aliphatic carbocycles. The lowest BCUT2D eigenvalue weighted by atomic mass is 10.1. The monoisotopic (exact) mass is 371 g/mol. The number of allylic oxidation sites excluding steroid dienone is 1. The third-order valence-corrected chi connectivity index (χ3v) is 6.85. The maximum absolute atomic E-state index is 6.43. The second-order valence-corrected chi connectivity index (χ2v) is 8.69. The second-order valence-electron chi connectivity index (χ2n) is 7.32. The van der Waals surface area contributed by atoms with E-state index in [-0.39, 0.29) is 0 Å². The normalized spacial score (nSPS) is 23.4. The van der Waals surface area contributed by atoms with Crippen LogP contribution in [0.15, 0.2) is 17.1 Å². The summed E-state index contributed by atoms with van der Waals surface area (Å²) in [6.07, 6.45) is 3.22. The summed E-state index contributed by atoms with van der Waals surface area (Å²) in [5.74, 6) is 2.69. The molecule has 0 aromatic carbocycles. The van der Waals surface area contributed by atoms with Crippen LogP contribution in [0.25, 0.3) is 22.6 Å². The summed E-state index contributed by atoms with van der Waals surface area (Å²) < 4.78 is 1.10. The van der Waals surface area contributed by atoms with Crippen LogP contribution in [-0.2, 0) is 0 Å². The SMILES string of the molecule is C=C(C)C=N/C(=c1/sc2nc(C)c(Cl)c(C)c2c1=C)N1CC2CC2C1. The molecule has 1 saturated carbocycles. The molecule has 4 rings (SSSR count). The number of hydrogen-bond acceptors (Lipinski definition) is 4. The van der Waals surface area contributed by atoms with Gasteiger partial charge in [0, 0.05) is 24.7 Å². The minimum absolute atomic E-state index is 0.733. The van der Waals surface area contributed by atoms with E-state index in [0.717, 1.165) is 72.6 Å². The number of aromatic nitrogens is 1. The number of pyridine rings is 1. The highest BCUT2D eigenvalue weighted by atomic mass is 35.5. The molecule has 3 heterocycles. The Hall–Kier alpha value is -1.65. The van der Waals surface area contributed by atoms with Gasteiger partial charge >= 0.3 is 0 Å². The summed E-state index contributed by atoms with van der Waals surface area (Å²) in [5.41, 5.74) is 2.87. The highest BCUT2D eigenvalue weighted by molar-refractivity contribution is 7.16. The molecule has 0 spiro atoms. The summed E-state index contributed by atoms with van der Waals surface area (Å²) in [6.45, 7) is 16.5. The zero-order valence-corrected chi connectivity index (χ0v) is 16.5. The highest BCUT2D eigenvalue weighted by Crippen LogP contribution is 2.46. The van der Waals surface area contributed by atoms with Crippen LogP contribution in [0.4, 0.5) is 0 Å². The van der Waals surface area contributed by atoms with E-state index < -0.39 is 0 Å². The molecule has 2 aliphatic rings. The number of halogens is 1. The quantitative estimate of drug-likeness (QED) is 0.770. The molecule has 2 unspecified atom stereocenters. The maximum atomic E-state index is 6.43. The topological polar surface area (TPSA) is 28.5 Å². The number of rotatable bonds is 3. The van der Waals surface area contributed by atoms with Gasteiger partial charge in [-0.05, 0) is 55.4 Å². The van der Waals surface area contributed by atoms with Crippen LogP contribution >= 0.6 is 22.9 Å². The van der Waals surface area contributed by atoms with Gasteiger partial charge in [-0.15, -0.1) is 11.3 Å². The Labute approximate surface area is 157 Å². The number of likely N-dealkylation sites (tertiary alicyclic amines) is 1. The van der Waals surface area contributed by atoms with Gasteiger partial charge in [-0.25, -0.2) is 9.98 Å². The molecule has 0 radical (unpaired) electrons. The molecule has 25 heavy (non-hydrogen) atoms. The van der Waals surface area contributed by atoms with Crippen LogP contribution in [0.5, 0.6) is 0 Å². The summed E-state index contributed by atoms with van der Waals surface area (Å²) in [4.78, 5) is 12.9. The Kier molecular flexibility index (Phi) is 4.00. The van der Waals surface area contributed by atoms with Crippen molar-refractivity contribution in [2.45, 2.75) is 27.2 Å². The van der Waals surface area contributed by atoms with Crippen molar-refractivity contribution in [3.63, 3.8) is 0 Å². The molecule has 2 aromatic heterocycles. The average molecular weight is 372 g/mol. The minimum Gasteiger partial charge on any atom is -0.355 e. The van der Waals surface area contributed by atoms with Crippen molar-refractivity contribution in [1.82, 2.24) is 9.88 Å². The van der Waals surface area contributed by atoms with E-state index in [1.807, 2.05) is 27.0 Å². The van der Waals surface area contributed by atoms with Crippen molar-refractivity contribution in [1.29, 1.82) is 0 Å². The predicted octanol–water partition coefficient (Wildman–Crippen LogP) is 3.64. The summed E-state index contributed by atoms with van der Waals surface area (Å²) in [7, 11) is 0. The average Bonchev–Trinajstić information content (AvgIpc) is 3.02. The van der Waals surface area contributed by atoms with Crippen LogP contribution in [0.1, 0.15) is 24.6 Å². The first kappa shape index (κ1) is 16.8. The van der Waals surface area contributed by atoms with Crippen LogP contribution in [-0.4, -0.2) is 29.2 Å². The lowest BCUT2D eigenvalue weighted by Crippen LogP contribution is -2.30. The summed E-state index contributed by atoms with van der Waals surface area (Å²) >= 11 is 8.10. The lowest BCUT2D eigenvalue weighted by molar-refractivity contribution is 0.430. The van der Waals surface area contributed by atoms with E-state index >= 15 is 0 Å². The molecule has 130 valence electrons. The van der Waals surface area contributed by atoms with Crippen molar-refractivity contribution >= 4 is 51.8 Å². The van der Waals surface area contributed by atoms with Gasteiger partial charge in [-0.3, -0.25) is 0 Å². The number of hydrogen-bond donors (Lipinski definition) is 0. The van der Waals surface area contributed by atoms with Crippen molar-refractivity contribution in [2.75, 3.05) is 13.1 Å². The van der Waals surface area contributed by atoms with Gasteiger partial charge < -0.3 is 4.90 Å². The van der Waals surface area contributed by atoms with E-state index in [0.29, 0.717) is 0 Å². The van der Waals surface area contributed by atoms with Crippen LogP contribution in [0, 0.1) is 25.7 Å².